The van der Waals surface area contributed by atoms with Gasteiger partial charge in [0.1, 0.15) is 0 Å². The summed E-state index contributed by atoms with van der Waals surface area (Å²) in [5, 5.41) is 17.3. The normalized spacial score (nSPS) is 23.3. The van der Waals surface area contributed by atoms with E-state index in [1.807, 2.05) is 30.3 Å². The summed E-state index contributed by atoms with van der Waals surface area (Å²) in [6, 6.07) is 10.9. The third-order valence-electron chi connectivity index (χ3n) is 6.22. The van der Waals surface area contributed by atoms with E-state index in [1.165, 1.54) is 0 Å². The first-order valence-corrected chi connectivity index (χ1v) is 9.66. The maximum atomic E-state index is 12.7. The van der Waals surface area contributed by atoms with E-state index in [-0.39, 0.29) is 18.5 Å². The van der Waals surface area contributed by atoms with Crippen molar-refractivity contribution in [3.8, 4) is 11.3 Å². The van der Waals surface area contributed by atoms with Crippen LogP contribution in [-0.4, -0.2) is 45.2 Å². The summed E-state index contributed by atoms with van der Waals surface area (Å²) in [4.78, 5) is 30.3. The van der Waals surface area contributed by atoms with Gasteiger partial charge in [-0.1, -0.05) is 17.6 Å². The van der Waals surface area contributed by atoms with Crippen LogP contribution in [0, 0.1) is 11.3 Å². The number of nitrogens with zero attached hydrogens (tertiary/aromatic N) is 3. The van der Waals surface area contributed by atoms with Gasteiger partial charge in [-0.15, -0.1) is 0 Å². The van der Waals surface area contributed by atoms with Gasteiger partial charge >= 0.3 is 12.0 Å². The molecule has 2 atom stereocenters. The Morgan fingerprint density at radius 1 is 1.28 bits per heavy atom. The average molecular weight is 392 g/mol. The van der Waals surface area contributed by atoms with E-state index in [0.717, 1.165) is 29.3 Å². The summed E-state index contributed by atoms with van der Waals surface area (Å²) in [5.41, 5.74) is 0.918. The average Bonchev–Trinajstić information content (AvgIpc) is 3.42. The van der Waals surface area contributed by atoms with Crippen molar-refractivity contribution < 1.29 is 19.2 Å². The molecule has 1 aromatic carbocycles. The minimum Gasteiger partial charge on any atom is -0.481 e. The van der Waals surface area contributed by atoms with Crippen LogP contribution in [-0.2, 0) is 4.79 Å². The van der Waals surface area contributed by atoms with Crippen molar-refractivity contribution >= 4 is 28.7 Å². The number of nitrogens with one attached hydrogen (secondary N) is 1. The molecule has 5 rings (SSSR count). The quantitative estimate of drug-likeness (QED) is 0.705. The lowest BCUT2D eigenvalue weighted by atomic mass is 9.81. The Balaban J connectivity index is 1.31. The molecule has 3 aromatic rings. The number of pyridine rings is 1. The second-order valence-electron chi connectivity index (χ2n) is 7.85. The van der Waals surface area contributed by atoms with Crippen molar-refractivity contribution in [2.24, 2.45) is 11.3 Å². The lowest BCUT2D eigenvalue weighted by Gasteiger charge is -2.23. The minimum absolute atomic E-state index is 0.0184. The van der Waals surface area contributed by atoms with E-state index < -0.39 is 11.4 Å². The fraction of sp³-hybridized carbons (Fsp3) is 0.333. The SMILES string of the molecule is O=C(Nc1cc(-c2ccc3ncccc3c2)on1)N1C[C@@H]2CCC[C@@]2(C(=O)O)C1. The molecule has 2 aromatic heterocycles. The summed E-state index contributed by atoms with van der Waals surface area (Å²) in [5.74, 6) is 0.0544. The predicted molar refractivity (Wildman–Crippen MR) is 105 cm³/mol. The van der Waals surface area contributed by atoms with Gasteiger partial charge in [-0.05, 0) is 43.0 Å². The molecule has 1 aliphatic heterocycles. The van der Waals surface area contributed by atoms with E-state index >= 15 is 0 Å². The van der Waals surface area contributed by atoms with Crippen LogP contribution in [0.15, 0.2) is 47.1 Å². The van der Waals surface area contributed by atoms with Crippen LogP contribution in [0.3, 0.4) is 0 Å². The van der Waals surface area contributed by atoms with Crippen LogP contribution in [0.5, 0.6) is 0 Å². The number of aromatic nitrogens is 2. The fourth-order valence-electron chi connectivity index (χ4n) is 4.68. The molecule has 3 heterocycles. The number of rotatable bonds is 3. The molecule has 0 bridgehead atoms. The second kappa shape index (κ2) is 6.58. The molecule has 2 N–H and O–H groups in total. The molecule has 0 spiro atoms. The minimum atomic E-state index is -0.801. The zero-order valence-electron chi connectivity index (χ0n) is 15.7. The number of aliphatic carboxylic acids is 1. The molecule has 2 amide bonds. The molecule has 29 heavy (non-hydrogen) atoms. The van der Waals surface area contributed by atoms with Crippen LogP contribution < -0.4 is 5.32 Å². The van der Waals surface area contributed by atoms with Crippen LogP contribution in [0.1, 0.15) is 19.3 Å². The second-order valence-corrected chi connectivity index (χ2v) is 7.85. The molecule has 1 saturated heterocycles. The highest BCUT2D eigenvalue weighted by Gasteiger charge is 2.55. The van der Waals surface area contributed by atoms with Gasteiger partial charge in [-0.2, -0.15) is 0 Å². The van der Waals surface area contributed by atoms with Crippen molar-refractivity contribution in [1.82, 2.24) is 15.0 Å². The van der Waals surface area contributed by atoms with Crippen LogP contribution in [0.2, 0.25) is 0 Å². The first kappa shape index (κ1) is 17.7. The Morgan fingerprint density at radius 2 is 2.17 bits per heavy atom. The van der Waals surface area contributed by atoms with E-state index in [0.29, 0.717) is 24.5 Å². The van der Waals surface area contributed by atoms with Crippen LogP contribution in [0.25, 0.3) is 22.2 Å². The molecule has 8 heteroatoms. The number of anilines is 1. The Kier molecular flexibility index (Phi) is 4.01. The first-order valence-electron chi connectivity index (χ1n) is 9.66. The maximum Gasteiger partial charge on any atom is 0.323 e. The smallest absolute Gasteiger partial charge is 0.323 e. The van der Waals surface area contributed by atoms with E-state index in [9.17, 15) is 14.7 Å². The van der Waals surface area contributed by atoms with Crippen LogP contribution >= 0.6 is 0 Å². The van der Waals surface area contributed by atoms with Crippen molar-refractivity contribution in [3.05, 3.63) is 42.6 Å². The van der Waals surface area contributed by atoms with Gasteiger partial charge in [0.2, 0.25) is 0 Å². The standard InChI is InChI=1S/C21H20N4O4/c26-19(27)21-7-1-4-15(21)11-25(12-21)20(28)23-18-10-17(29-24-18)14-5-6-16-13(9-14)3-2-8-22-16/h2-3,5-6,8-10,15H,1,4,7,11-12H2,(H,26,27)(H,23,24,28)/t15-,21+/m0/s1. The summed E-state index contributed by atoms with van der Waals surface area (Å²) in [6.07, 6.45) is 4.12. The first-order chi connectivity index (χ1) is 14.0. The molecule has 1 saturated carbocycles. The molecule has 1 aliphatic carbocycles. The predicted octanol–water partition coefficient (Wildman–Crippen LogP) is 3.61. The molecular formula is C21H20N4O4. The summed E-state index contributed by atoms with van der Waals surface area (Å²) >= 11 is 0. The Hall–Kier alpha value is -3.42. The summed E-state index contributed by atoms with van der Waals surface area (Å²) in [7, 11) is 0. The van der Waals surface area contributed by atoms with Crippen LogP contribution in [0.4, 0.5) is 10.6 Å². The third-order valence-corrected chi connectivity index (χ3v) is 6.22. The summed E-state index contributed by atoms with van der Waals surface area (Å²) < 4.78 is 5.40. The number of carboxylic acids is 1. The lowest BCUT2D eigenvalue weighted by Crippen LogP contribution is -2.38. The van der Waals surface area contributed by atoms with Gasteiger partial charge in [-0.3, -0.25) is 15.1 Å². The molecule has 0 unspecified atom stereocenters. The molecule has 8 nitrogen and oxygen atoms in total. The number of hydrogen-bond acceptors (Lipinski definition) is 5. The molecular weight excluding hydrogens is 372 g/mol. The lowest BCUT2D eigenvalue weighted by molar-refractivity contribution is -0.149. The van der Waals surface area contributed by atoms with Crippen molar-refractivity contribution in [1.29, 1.82) is 0 Å². The molecule has 2 fully saturated rings. The van der Waals surface area contributed by atoms with Gasteiger partial charge < -0.3 is 14.5 Å². The highest BCUT2D eigenvalue weighted by atomic mass is 16.5. The van der Waals surface area contributed by atoms with E-state index in [1.54, 1.807) is 17.2 Å². The molecule has 148 valence electrons. The molecule has 0 radical (unpaired) electrons. The number of hydrogen-bond donors (Lipinski definition) is 2. The summed E-state index contributed by atoms with van der Waals surface area (Å²) in [6.45, 7) is 0.696. The van der Waals surface area contributed by atoms with Gasteiger partial charge in [0, 0.05) is 36.3 Å². The van der Waals surface area contributed by atoms with Crippen molar-refractivity contribution in [2.45, 2.75) is 19.3 Å². The largest absolute Gasteiger partial charge is 0.481 e. The Morgan fingerprint density at radius 3 is 3.00 bits per heavy atom. The maximum absolute atomic E-state index is 12.7. The van der Waals surface area contributed by atoms with Gasteiger partial charge in [-0.25, -0.2) is 4.79 Å². The van der Waals surface area contributed by atoms with Gasteiger partial charge in [0.05, 0.1) is 10.9 Å². The number of fused-ring (bicyclic) bond motifs is 2. The number of amides is 2. The van der Waals surface area contributed by atoms with Crippen molar-refractivity contribution in [2.75, 3.05) is 18.4 Å². The number of benzene rings is 1. The monoisotopic (exact) mass is 392 g/mol. The number of likely N-dealkylation sites (tertiary alicyclic amines) is 1. The van der Waals surface area contributed by atoms with Gasteiger partial charge in [0.25, 0.3) is 0 Å². The zero-order chi connectivity index (χ0) is 20.0. The number of carbonyl (C=O) groups is 2. The fourth-order valence-corrected chi connectivity index (χ4v) is 4.68. The van der Waals surface area contributed by atoms with Gasteiger partial charge in [0.15, 0.2) is 11.6 Å². The zero-order valence-corrected chi connectivity index (χ0v) is 15.7. The topological polar surface area (TPSA) is 109 Å². The van der Waals surface area contributed by atoms with Crippen molar-refractivity contribution in [3.63, 3.8) is 0 Å². The highest BCUT2D eigenvalue weighted by Crippen LogP contribution is 2.48. The Bertz CT molecular complexity index is 1110. The van der Waals surface area contributed by atoms with E-state index in [4.69, 9.17) is 4.52 Å². The third kappa shape index (κ3) is 2.91. The Labute approximate surface area is 166 Å². The van der Waals surface area contributed by atoms with E-state index in [2.05, 4.69) is 15.5 Å². The number of carboxylic acid groups (broad SMARTS) is 1. The number of urea groups is 1. The molecule has 2 aliphatic rings. The number of carbonyl (C=O) groups excluding carboxylic acids is 1. The highest BCUT2D eigenvalue weighted by molar-refractivity contribution is 5.90.